The molecule has 1 atom stereocenters. The van der Waals surface area contributed by atoms with Crippen molar-refractivity contribution in [2.75, 3.05) is 5.32 Å². The number of nitrogens with two attached hydrogens (primary N) is 1. The number of hydrogen-bond acceptors (Lipinski definition) is 6. The summed E-state index contributed by atoms with van der Waals surface area (Å²) in [6, 6.07) is 15.1. The van der Waals surface area contributed by atoms with E-state index < -0.39 is 0 Å². The Morgan fingerprint density at radius 2 is 1.74 bits per heavy atom. The predicted octanol–water partition coefficient (Wildman–Crippen LogP) is 6.61. The summed E-state index contributed by atoms with van der Waals surface area (Å²) in [5.74, 6) is 0.635. The lowest BCUT2D eigenvalue weighted by molar-refractivity contribution is -0.118. The monoisotopic (exact) mass is 532 g/mol. The SMILES string of the molecule is CC(C)(C)c1cc(C2=NOC(CC(=O)Nc3ccc(N=C(N)c4cccs4)cc3)C2)cc(C(C)(C)C)c1O. The molecule has 0 radical (unpaired) electrons. The largest absolute Gasteiger partial charge is 0.507 e. The molecule has 2 aromatic carbocycles. The van der Waals surface area contributed by atoms with Gasteiger partial charge in [-0.25, -0.2) is 4.99 Å². The van der Waals surface area contributed by atoms with Crippen LogP contribution in [0.2, 0.25) is 0 Å². The molecule has 1 aliphatic rings. The lowest BCUT2D eigenvalue weighted by Crippen LogP contribution is -2.21. The molecular weight excluding hydrogens is 496 g/mol. The lowest BCUT2D eigenvalue weighted by Gasteiger charge is -2.28. The van der Waals surface area contributed by atoms with Crippen LogP contribution in [0, 0.1) is 0 Å². The van der Waals surface area contributed by atoms with Crippen LogP contribution in [-0.4, -0.2) is 28.7 Å². The van der Waals surface area contributed by atoms with Gasteiger partial charge in [-0.1, -0.05) is 52.8 Å². The quantitative estimate of drug-likeness (QED) is 0.245. The van der Waals surface area contributed by atoms with Gasteiger partial charge in [-0.15, -0.1) is 11.3 Å². The summed E-state index contributed by atoms with van der Waals surface area (Å²) in [6.45, 7) is 12.5. The van der Waals surface area contributed by atoms with Crippen LogP contribution in [0.5, 0.6) is 5.75 Å². The summed E-state index contributed by atoms with van der Waals surface area (Å²) >= 11 is 1.53. The Hall–Kier alpha value is -3.65. The fraction of sp³-hybridized carbons (Fsp3) is 0.367. The highest BCUT2D eigenvalue weighted by Crippen LogP contribution is 2.40. The molecule has 7 nitrogen and oxygen atoms in total. The molecule has 2 heterocycles. The molecule has 0 fully saturated rings. The van der Waals surface area contributed by atoms with Crippen molar-refractivity contribution in [3.63, 3.8) is 0 Å². The number of rotatable bonds is 6. The normalized spacial score (nSPS) is 16.2. The molecule has 3 aromatic rings. The third-order valence-electron chi connectivity index (χ3n) is 6.38. The van der Waals surface area contributed by atoms with E-state index in [0.717, 1.165) is 27.3 Å². The molecule has 1 aliphatic heterocycles. The van der Waals surface area contributed by atoms with Crippen molar-refractivity contribution in [2.24, 2.45) is 15.9 Å². The number of thiophene rings is 1. The molecule has 0 saturated carbocycles. The van der Waals surface area contributed by atoms with Crippen molar-refractivity contribution in [2.45, 2.75) is 71.3 Å². The summed E-state index contributed by atoms with van der Waals surface area (Å²) < 4.78 is 0. The van der Waals surface area contributed by atoms with Gasteiger partial charge >= 0.3 is 0 Å². The maximum atomic E-state index is 12.7. The minimum absolute atomic E-state index is 0.155. The lowest BCUT2D eigenvalue weighted by atomic mass is 9.78. The topological polar surface area (TPSA) is 109 Å². The molecule has 0 spiro atoms. The Bertz CT molecular complexity index is 1330. The van der Waals surface area contributed by atoms with E-state index in [2.05, 4.69) is 57.0 Å². The standard InChI is InChI=1S/C30H36N4O3S/c1-29(2,3)22-14-18(15-23(27(22)36)30(4,5)6)24-16-21(37-34-24)17-26(35)32-19-9-11-20(12-10-19)33-28(31)25-8-7-13-38-25/h7-15,21,36H,16-17H2,1-6H3,(H2,31,33)(H,32,35). The van der Waals surface area contributed by atoms with E-state index in [1.165, 1.54) is 11.3 Å². The highest BCUT2D eigenvalue weighted by Gasteiger charge is 2.30. The number of aliphatic imine (C=N–C) groups is 1. The van der Waals surface area contributed by atoms with E-state index in [9.17, 15) is 9.90 Å². The number of phenolic OH excluding ortho intramolecular Hbond substituents is 1. The number of carbonyl (C=O) groups excluding carboxylic acids is 1. The van der Waals surface area contributed by atoms with Crippen LogP contribution in [0.15, 0.2) is 64.1 Å². The number of benzene rings is 2. The third kappa shape index (κ3) is 6.42. The van der Waals surface area contributed by atoms with E-state index in [4.69, 9.17) is 10.6 Å². The molecule has 4 rings (SSSR count). The molecule has 1 unspecified atom stereocenters. The fourth-order valence-corrected chi connectivity index (χ4v) is 4.94. The van der Waals surface area contributed by atoms with Crippen molar-refractivity contribution >= 4 is 40.2 Å². The van der Waals surface area contributed by atoms with Gasteiger partial charge in [0.1, 0.15) is 17.7 Å². The number of hydrogen-bond donors (Lipinski definition) is 3. The second-order valence-electron chi connectivity index (χ2n) is 11.7. The van der Waals surface area contributed by atoms with E-state index in [1.807, 2.05) is 41.8 Å². The van der Waals surface area contributed by atoms with Gasteiger partial charge < -0.3 is 21.0 Å². The first-order valence-electron chi connectivity index (χ1n) is 12.7. The van der Waals surface area contributed by atoms with Gasteiger partial charge in [0.15, 0.2) is 0 Å². The Morgan fingerprint density at radius 1 is 1.11 bits per heavy atom. The van der Waals surface area contributed by atoms with Crippen LogP contribution in [0.25, 0.3) is 0 Å². The number of amidine groups is 1. The minimum atomic E-state index is -0.357. The van der Waals surface area contributed by atoms with E-state index in [1.54, 1.807) is 12.1 Å². The summed E-state index contributed by atoms with van der Waals surface area (Å²) in [6.07, 6.45) is 0.333. The first-order valence-corrected chi connectivity index (χ1v) is 13.6. The number of oxime groups is 1. The number of nitrogens with one attached hydrogen (secondary N) is 1. The number of amides is 1. The van der Waals surface area contributed by atoms with Gasteiger partial charge in [0.25, 0.3) is 0 Å². The summed E-state index contributed by atoms with van der Waals surface area (Å²) in [4.78, 5) is 23.7. The Kier molecular flexibility index (Phi) is 7.65. The zero-order valence-electron chi connectivity index (χ0n) is 22.8. The van der Waals surface area contributed by atoms with E-state index in [-0.39, 0.29) is 29.3 Å². The highest BCUT2D eigenvalue weighted by molar-refractivity contribution is 7.12. The maximum absolute atomic E-state index is 12.7. The summed E-state index contributed by atoms with van der Waals surface area (Å²) in [5, 5.41) is 20.2. The molecule has 0 saturated heterocycles. The van der Waals surface area contributed by atoms with Gasteiger partial charge in [-0.2, -0.15) is 0 Å². The molecule has 1 aromatic heterocycles. The minimum Gasteiger partial charge on any atom is -0.507 e. The average Bonchev–Trinajstić information content (AvgIpc) is 3.52. The molecular formula is C30H36N4O3S. The van der Waals surface area contributed by atoms with Crippen molar-refractivity contribution in [1.29, 1.82) is 0 Å². The summed E-state index contributed by atoms with van der Waals surface area (Å²) in [7, 11) is 0. The smallest absolute Gasteiger partial charge is 0.228 e. The van der Waals surface area contributed by atoms with E-state index >= 15 is 0 Å². The summed E-state index contributed by atoms with van der Waals surface area (Å²) in [5.41, 5.74) is 10.4. The van der Waals surface area contributed by atoms with Crippen LogP contribution < -0.4 is 11.1 Å². The van der Waals surface area contributed by atoms with Crippen LogP contribution in [0.3, 0.4) is 0 Å². The maximum Gasteiger partial charge on any atom is 0.228 e. The van der Waals surface area contributed by atoms with Crippen LogP contribution >= 0.6 is 11.3 Å². The van der Waals surface area contributed by atoms with Crippen molar-refractivity contribution < 1.29 is 14.7 Å². The van der Waals surface area contributed by atoms with Gasteiger partial charge in [0, 0.05) is 28.8 Å². The van der Waals surface area contributed by atoms with Gasteiger partial charge in [0.05, 0.1) is 22.7 Å². The van der Waals surface area contributed by atoms with Gasteiger partial charge in [-0.05, 0) is 58.7 Å². The van der Waals surface area contributed by atoms with Crippen LogP contribution in [0.4, 0.5) is 11.4 Å². The molecule has 0 aliphatic carbocycles. The zero-order valence-corrected chi connectivity index (χ0v) is 23.6. The van der Waals surface area contributed by atoms with Crippen molar-refractivity contribution in [3.05, 3.63) is 75.5 Å². The number of phenols is 1. The number of carbonyl (C=O) groups is 1. The van der Waals surface area contributed by atoms with Gasteiger partial charge in [-0.3, -0.25) is 4.79 Å². The van der Waals surface area contributed by atoms with Gasteiger partial charge in [0.2, 0.25) is 5.91 Å². The second-order valence-corrected chi connectivity index (χ2v) is 12.6. The van der Waals surface area contributed by atoms with Crippen LogP contribution in [0.1, 0.15) is 76.0 Å². The molecule has 0 bridgehead atoms. The Labute approximate surface area is 228 Å². The Balaban J connectivity index is 1.40. The predicted molar refractivity (Wildman–Crippen MR) is 156 cm³/mol. The molecule has 4 N–H and O–H groups in total. The molecule has 38 heavy (non-hydrogen) atoms. The Morgan fingerprint density at radius 3 is 2.29 bits per heavy atom. The zero-order chi connectivity index (χ0) is 27.7. The van der Waals surface area contributed by atoms with Crippen LogP contribution in [-0.2, 0) is 20.5 Å². The van der Waals surface area contributed by atoms with Crippen molar-refractivity contribution in [1.82, 2.24) is 0 Å². The third-order valence-corrected chi connectivity index (χ3v) is 7.27. The number of nitrogens with zero attached hydrogens (tertiary/aromatic N) is 2. The molecule has 1 amide bonds. The second kappa shape index (κ2) is 10.6. The molecule has 8 heteroatoms. The average molecular weight is 533 g/mol. The first kappa shape index (κ1) is 27.4. The number of anilines is 1. The fourth-order valence-electron chi connectivity index (χ4n) is 4.31. The van der Waals surface area contributed by atoms with Crippen molar-refractivity contribution in [3.8, 4) is 5.75 Å². The number of aromatic hydroxyl groups is 1. The molecule has 200 valence electrons. The van der Waals surface area contributed by atoms with E-state index in [0.29, 0.717) is 29.4 Å². The first-order chi connectivity index (χ1) is 17.8. The highest BCUT2D eigenvalue weighted by atomic mass is 32.1.